The van der Waals surface area contributed by atoms with Crippen molar-refractivity contribution in [3.05, 3.63) is 11.6 Å². The van der Waals surface area contributed by atoms with Gasteiger partial charge in [0.25, 0.3) is 0 Å². The molecule has 0 spiro atoms. The van der Waals surface area contributed by atoms with Crippen molar-refractivity contribution in [3.8, 4) is 0 Å². The van der Waals surface area contributed by atoms with Gasteiger partial charge in [-0.05, 0) is 85.9 Å². The van der Waals surface area contributed by atoms with E-state index in [0.29, 0.717) is 36.4 Å². The molecule has 0 saturated heterocycles. The van der Waals surface area contributed by atoms with Crippen molar-refractivity contribution in [2.75, 3.05) is 0 Å². The molecule has 0 aromatic heterocycles. The minimum Gasteiger partial charge on any atom is -0.300 e. The molecule has 0 radical (unpaired) electrons. The van der Waals surface area contributed by atoms with E-state index in [9.17, 15) is 17.8 Å². The number of fused-ring (bicyclic) bond motifs is 5. The molecule has 0 heterocycles. The van der Waals surface area contributed by atoms with Gasteiger partial charge in [-0.15, -0.1) is 0 Å². The molecule has 1 unspecified atom stereocenters. The molecule has 0 aliphatic heterocycles. The number of Topliss-reactive ketones (excluding diaryl/α,β-unsaturated/α-hetero) is 1. The molecule has 4 aliphatic carbocycles. The van der Waals surface area contributed by atoms with E-state index in [0.717, 1.165) is 32.1 Å². The Balaban J connectivity index is 1.68. The fourth-order valence-electron chi connectivity index (χ4n) is 8.30. The van der Waals surface area contributed by atoms with Crippen LogP contribution in [0, 0.1) is 39.9 Å². The Labute approximate surface area is 175 Å². The lowest BCUT2D eigenvalue weighted by Crippen LogP contribution is -2.57. The van der Waals surface area contributed by atoms with Crippen molar-refractivity contribution in [2.24, 2.45) is 39.9 Å². The van der Waals surface area contributed by atoms with E-state index in [1.54, 1.807) is 6.92 Å². The zero-order chi connectivity index (χ0) is 21.4. The molecule has 0 amide bonds. The highest BCUT2D eigenvalue weighted by atomic mass is 32.3. The SMILES string of the molecule is CC(=O)[C@H]1CC[C@H]2[C@@H]3CC=C4CC(OS(=O)(=O)O)CC(C)(C)[C@]4(C)[C@H]3CC[C@]12C. The lowest BCUT2D eigenvalue weighted by molar-refractivity contribution is -0.130. The first-order valence-corrected chi connectivity index (χ1v) is 12.5. The summed E-state index contributed by atoms with van der Waals surface area (Å²) in [6.07, 6.45) is 8.44. The van der Waals surface area contributed by atoms with Gasteiger partial charge in [-0.3, -0.25) is 9.35 Å². The molecule has 3 fully saturated rings. The van der Waals surface area contributed by atoms with Gasteiger partial charge in [0.2, 0.25) is 0 Å². The van der Waals surface area contributed by atoms with Gasteiger partial charge >= 0.3 is 10.4 Å². The molecular weight excluding hydrogens is 388 g/mol. The lowest BCUT2D eigenvalue weighted by Gasteiger charge is -2.63. The average molecular weight is 425 g/mol. The molecule has 29 heavy (non-hydrogen) atoms. The standard InChI is InChI=1S/C23H36O5S/c1-14(24)18-8-9-19-17-7-6-15-12-16(28-29(25,26)27)13-21(2,3)23(15,5)20(17)10-11-22(18,19)4/h6,16-20H,7-13H2,1-5H3,(H,25,26,27)/t16?,17-,18+,19-,20-,22+,23-/m0/s1. The van der Waals surface area contributed by atoms with Crippen LogP contribution < -0.4 is 0 Å². The summed E-state index contributed by atoms with van der Waals surface area (Å²) in [5.74, 6) is 2.29. The lowest BCUT2D eigenvalue weighted by atomic mass is 9.42. The van der Waals surface area contributed by atoms with Crippen molar-refractivity contribution in [3.63, 3.8) is 0 Å². The summed E-state index contributed by atoms with van der Waals surface area (Å²) in [7, 11) is -4.45. The van der Waals surface area contributed by atoms with E-state index >= 15 is 0 Å². The number of allylic oxidation sites excluding steroid dienone is 1. The first-order valence-electron chi connectivity index (χ1n) is 11.2. The topological polar surface area (TPSA) is 80.7 Å². The number of hydrogen-bond donors (Lipinski definition) is 1. The quantitative estimate of drug-likeness (QED) is 0.510. The monoisotopic (exact) mass is 424 g/mol. The minimum absolute atomic E-state index is 0.00929. The van der Waals surface area contributed by atoms with Gasteiger partial charge in [0.15, 0.2) is 0 Å². The molecule has 1 N–H and O–H groups in total. The minimum atomic E-state index is -4.45. The molecule has 6 heteroatoms. The Hall–Kier alpha value is -0.720. The average Bonchev–Trinajstić information content (AvgIpc) is 2.92. The summed E-state index contributed by atoms with van der Waals surface area (Å²) in [5, 5.41) is 0. The highest BCUT2D eigenvalue weighted by Gasteiger charge is 2.63. The maximum atomic E-state index is 12.3. The Kier molecular flexibility index (Phi) is 4.92. The largest absolute Gasteiger partial charge is 0.397 e. The van der Waals surface area contributed by atoms with E-state index in [-0.39, 0.29) is 22.2 Å². The van der Waals surface area contributed by atoms with Crippen molar-refractivity contribution < 1.29 is 21.9 Å². The molecule has 5 nitrogen and oxygen atoms in total. The Morgan fingerprint density at radius 1 is 1.14 bits per heavy atom. The third-order valence-corrected chi connectivity index (χ3v) is 10.3. The Morgan fingerprint density at radius 3 is 2.45 bits per heavy atom. The molecule has 0 bridgehead atoms. The molecular formula is C23H36O5S. The normalized spacial score (nSPS) is 46.3. The summed E-state index contributed by atoms with van der Waals surface area (Å²) in [4.78, 5) is 12.3. The van der Waals surface area contributed by atoms with Crippen LogP contribution in [0.2, 0.25) is 0 Å². The van der Waals surface area contributed by atoms with Crippen LogP contribution in [0.3, 0.4) is 0 Å². The van der Waals surface area contributed by atoms with E-state index in [1.807, 2.05) is 0 Å². The fourth-order valence-corrected chi connectivity index (χ4v) is 8.78. The Bertz CT molecular complexity index is 843. The van der Waals surface area contributed by atoms with Gasteiger partial charge in [-0.2, -0.15) is 8.42 Å². The van der Waals surface area contributed by atoms with Crippen LogP contribution in [-0.4, -0.2) is 24.9 Å². The highest BCUT2D eigenvalue weighted by molar-refractivity contribution is 7.80. The van der Waals surface area contributed by atoms with Gasteiger partial charge in [-0.25, -0.2) is 4.18 Å². The second kappa shape index (κ2) is 6.64. The van der Waals surface area contributed by atoms with Crippen LogP contribution in [0.4, 0.5) is 0 Å². The van der Waals surface area contributed by atoms with Crippen molar-refractivity contribution in [1.82, 2.24) is 0 Å². The summed E-state index contributed by atoms with van der Waals surface area (Å²) in [5.41, 5.74) is 1.28. The molecule has 3 saturated carbocycles. The van der Waals surface area contributed by atoms with Gasteiger partial charge in [0.1, 0.15) is 5.78 Å². The fraction of sp³-hybridized carbons (Fsp3) is 0.870. The van der Waals surface area contributed by atoms with E-state index in [1.165, 1.54) is 5.57 Å². The number of carbonyl (C=O) groups excluding carboxylic acids is 1. The molecule has 4 aliphatic rings. The van der Waals surface area contributed by atoms with Crippen molar-refractivity contribution in [2.45, 2.75) is 85.7 Å². The number of ketones is 1. The molecule has 4 rings (SSSR count). The van der Waals surface area contributed by atoms with Gasteiger partial charge in [-0.1, -0.05) is 39.3 Å². The maximum absolute atomic E-state index is 12.3. The predicted octanol–water partition coefficient (Wildman–Crippen LogP) is 4.98. The highest BCUT2D eigenvalue weighted by Crippen LogP contribution is 2.69. The third-order valence-electron chi connectivity index (χ3n) is 9.82. The predicted molar refractivity (Wildman–Crippen MR) is 111 cm³/mol. The zero-order valence-corrected chi connectivity index (χ0v) is 19.2. The smallest absolute Gasteiger partial charge is 0.300 e. The molecule has 0 aromatic rings. The second-order valence-corrected chi connectivity index (χ2v) is 12.3. The first-order chi connectivity index (χ1) is 13.3. The van der Waals surface area contributed by atoms with Crippen molar-refractivity contribution >= 4 is 16.2 Å². The number of carbonyl (C=O) groups is 1. The number of hydrogen-bond acceptors (Lipinski definition) is 4. The van der Waals surface area contributed by atoms with E-state index in [4.69, 9.17) is 4.18 Å². The van der Waals surface area contributed by atoms with Crippen LogP contribution in [0.25, 0.3) is 0 Å². The van der Waals surface area contributed by atoms with E-state index in [2.05, 4.69) is 33.8 Å². The maximum Gasteiger partial charge on any atom is 0.397 e. The third kappa shape index (κ3) is 3.16. The number of rotatable bonds is 3. The zero-order valence-electron chi connectivity index (χ0n) is 18.4. The molecule has 0 aromatic carbocycles. The molecule has 164 valence electrons. The van der Waals surface area contributed by atoms with E-state index < -0.39 is 16.5 Å². The van der Waals surface area contributed by atoms with Gasteiger partial charge < -0.3 is 0 Å². The van der Waals surface area contributed by atoms with Crippen LogP contribution in [-0.2, 0) is 19.4 Å². The summed E-state index contributed by atoms with van der Waals surface area (Å²) in [6.45, 7) is 11.0. The Morgan fingerprint density at radius 2 is 1.83 bits per heavy atom. The summed E-state index contributed by atoms with van der Waals surface area (Å²) >= 11 is 0. The van der Waals surface area contributed by atoms with Crippen LogP contribution in [0.5, 0.6) is 0 Å². The second-order valence-electron chi connectivity index (χ2n) is 11.3. The summed E-state index contributed by atoms with van der Waals surface area (Å²) in [6, 6.07) is 0. The molecule has 7 atom stereocenters. The van der Waals surface area contributed by atoms with Crippen molar-refractivity contribution in [1.29, 1.82) is 0 Å². The summed E-state index contributed by atoms with van der Waals surface area (Å²) < 4.78 is 36.8. The van der Waals surface area contributed by atoms with Crippen LogP contribution in [0.15, 0.2) is 11.6 Å². The first kappa shape index (κ1) is 21.5. The van der Waals surface area contributed by atoms with Crippen LogP contribution in [0.1, 0.15) is 79.6 Å². The van der Waals surface area contributed by atoms with Crippen LogP contribution >= 0.6 is 0 Å². The van der Waals surface area contributed by atoms with Gasteiger partial charge in [0.05, 0.1) is 6.10 Å². The van der Waals surface area contributed by atoms with Gasteiger partial charge in [0, 0.05) is 5.92 Å².